The number of nitrogens with one attached hydrogen (secondary N) is 1. The van der Waals surface area contributed by atoms with Gasteiger partial charge in [0, 0.05) is 21.9 Å². The number of carbonyl (C=O) groups is 2. The second kappa shape index (κ2) is 7.93. The van der Waals surface area contributed by atoms with Gasteiger partial charge in [-0.05, 0) is 46.7 Å². The monoisotopic (exact) mass is 408 g/mol. The van der Waals surface area contributed by atoms with Gasteiger partial charge in [0.25, 0.3) is 0 Å². The summed E-state index contributed by atoms with van der Waals surface area (Å²) in [5.74, 6) is -2.38. The van der Waals surface area contributed by atoms with E-state index in [9.17, 15) is 14.7 Å². The summed E-state index contributed by atoms with van der Waals surface area (Å²) >= 11 is 2.12. The van der Waals surface area contributed by atoms with Crippen molar-refractivity contribution in [3.8, 4) is 0 Å². The van der Waals surface area contributed by atoms with E-state index in [2.05, 4.69) is 27.9 Å². The highest BCUT2D eigenvalue weighted by Gasteiger charge is 2.16. The van der Waals surface area contributed by atoms with E-state index in [1.165, 1.54) is 0 Å². The molecule has 0 bridgehead atoms. The molecule has 0 unspecified atom stereocenters. The molecular weight excluding hydrogens is 393 g/mol. The molecule has 0 radical (unpaired) electrons. The predicted molar refractivity (Wildman–Crippen MR) is 91.0 cm³/mol. The van der Waals surface area contributed by atoms with Crippen LogP contribution in [0.15, 0.2) is 54.6 Å². The molecule has 0 spiro atoms. The summed E-state index contributed by atoms with van der Waals surface area (Å²) in [4.78, 5) is 23.3. The van der Waals surface area contributed by atoms with Gasteiger partial charge in [0.1, 0.15) is 0 Å². The number of benzene rings is 2. The topological polar surface area (TPSA) is 69.2 Å². The minimum atomic E-state index is -1.21. The molecule has 0 aliphatic heterocycles. The van der Waals surface area contributed by atoms with Crippen molar-refractivity contribution in [1.82, 2.24) is 0 Å². The number of aliphatic carboxylic acids is 1. The zero-order chi connectivity index (χ0) is 15.9. The number of hydrogen-bond donors (Lipinski definition) is 1. The first-order valence-electron chi connectivity index (χ1n) is 6.85. The van der Waals surface area contributed by atoms with E-state index in [1.54, 1.807) is 6.07 Å². The zero-order valence-electron chi connectivity index (χ0n) is 11.8. The van der Waals surface area contributed by atoms with E-state index in [1.807, 2.05) is 48.5 Å². The Kier molecular flexibility index (Phi) is 5.94. The number of rotatable bonds is 6. The number of halogens is 1. The summed E-state index contributed by atoms with van der Waals surface area (Å²) in [5, 5.41) is 14.0. The largest absolute Gasteiger partial charge is 0.550 e. The third-order valence-corrected chi connectivity index (χ3v) is 4.18. The van der Waals surface area contributed by atoms with Gasteiger partial charge in [-0.2, -0.15) is 0 Å². The number of carboxylic acid groups (broad SMARTS) is 1. The van der Waals surface area contributed by atoms with Crippen LogP contribution in [0.1, 0.15) is 12.0 Å². The molecule has 0 saturated carbocycles. The van der Waals surface area contributed by atoms with Crippen LogP contribution in [0, 0.1) is 9.49 Å². The molecule has 2 rings (SSSR count). The molecule has 0 aromatic heterocycles. The maximum absolute atomic E-state index is 12.1. The maximum atomic E-state index is 12.1. The van der Waals surface area contributed by atoms with Crippen molar-refractivity contribution in [2.45, 2.75) is 12.8 Å². The van der Waals surface area contributed by atoms with Gasteiger partial charge in [0.15, 0.2) is 0 Å². The molecule has 4 nitrogen and oxygen atoms in total. The van der Waals surface area contributed by atoms with E-state index < -0.39 is 11.9 Å². The molecular formula is C17H15INO3-. The van der Waals surface area contributed by atoms with Gasteiger partial charge in [0.2, 0.25) is 5.91 Å². The quantitative estimate of drug-likeness (QED) is 0.746. The molecule has 2 aromatic rings. The lowest BCUT2D eigenvalue weighted by Crippen LogP contribution is -2.35. The minimum absolute atomic E-state index is 0.109. The second-order valence-corrected chi connectivity index (χ2v) is 6.10. The summed E-state index contributed by atoms with van der Waals surface area (Å²) < 4.78 is 0.904. The molecule has 1 N–H and O–H groups in total. The molecule has 0 fully saturated rings. The Morgan fingerprint density at radius 2 is 1.68 bits per heavy atom. The smallest absolute Gasteiger partial charge is 0.225 e. The summed E-state index contributed by atoms with van der Waals surface area (Å²) in [5.41, 5.74) is 1.56. The summed E-state index contributed by atoms with van der Waals surface area (Å²) in [6, 6.07) is 16.6. The lowest BCUT2D eigenvalue weighted by Gasteiger charge is -2.18. The molecule has 1 atom stereocenters. The Balaban J connectivity index is 2.00. The highest BCUT2D eigenvalue weighted by Crippen LogP contribution is 2.18. The Bertz CT molecular complexity index is 658. The van der Waals surface area contributed by atoms with Crippen LogP contribution in [0.4, 0.5) is 5.69 Å². The normalized spacial score (nSPS) is 11.7. The van der Waals surface area contributed by atoms with Crippen molar-refractivity contribution in [1.29, 1.82) is 0 Å². The van der Waals surface area contributed by atoms with Crippen LogP contribution in [0.5, 0.6) is 0 Å². The van der Waals surface area contributed by atoms with E-state index >= 15 is 0 Å². The molecule has 0 saturated heterocycles. The van der Waals surface area contributed by atoms with E-state index in [-0.39, 0.29) is 18.7 Å². The van der Waals surface area contributed by atoms with Crippen molar-refractivity contribution in [2.75, 3.05) is 5.32 Å². The second-order valence-electron chi connectivity index (χ2n) is 4.94. The average Bonchev–Trinajstić information content (AvgIpc) is 2.50. The SMILES string of the molecule is O=C(C[C@H](Cc1ccccc1)C(=O)[O-])Nc1ccccc1I. The van der Waals surface area contributed by atoms with Crippen molar-refractivity contribution in [2.24, 2.45) is 5.92 Å². The molecule has 1 amide bonds. The zero-order valence-corrected chi connectivity index (χ0v) is 13.9. The number of para-hydroxylation sites is 1. The number of carbonyl (C=O) groups excluding carboxylic acids is 2. The molecule has 5 heteroatoms. The van der Waals surface area contributed by atoms with Gasteiger partial charge >= 0.3 is 0 Å². The van der Waals surface area contributed by atoms with Crippen molar-refractivity contribution >= 4 is 40.2 Å². The third kappa shape index (κ3) is 4.84. The Morgan fingerprint density at radius 1 is 1.05 bits per heavy atom. The summed E-state index contributed by atoms with van der Waals surface area (Å²) in [6.45, 7) is 0. The first kappa shape index (κ1) is 16.5. The summed E-state index contributed by atoms with van der Waals surface area (Å²) in [6.07, 6.45) is 0.171. The number of hydrogen-bond acceptors (Lipinski definition) is 3. The lowest BCUT2D eigenvalue weighted by molar-refractivity contribution is -0.311. The molecule has 22 heavy (non-hydrogen) atoms. The van der Waals surface area contributed by atoms with Crippen LogP contribution < -0.4 is 10.4 Å². The van der Waals surface area contributed by atoms with E-state index in [0.717, 1.165) is 9.13 Å². The van der Waals surface area contributed by atoms with Gasteiger partial charge < -0.3 is 15.2 Å². The molecule has 0 aliphatic rings. The van der Waals surface area contributed by atoms with Gasteiger partial charge in [-0.3, -0.25) is 4.79 Å². The molecule has 114 valence electrons. The lowest BCUT2D eigenvalue weighted by atomic mass is 9.96. The van der Waals surface area contributed by atoms with E-state index in [4.69, 9.17) is 0 Å². The fraction of sp³-hybridized carbons (Fsp3) is 0.176. The van der Waals surface area contributed by atoms with Crippen molar-refractivity contribution in [3.05, 3.63) is 63.7 Å². The van der Waals surface area contributed by atoms with E-state index in [0.29, 0.717) is 5.69 Å². The first-order chi connectivity index (χ1) is 10.6. The predicted octanol–water partition coefficient (Wildman–Crippen LogP) is 2.23. The van der Waals surface area contributed by atoms with Crippen LogP contribution in [0.25, 0.3) is 0 Å². The Labute approximate surface area is 142 Å². The van der Waals surface area contributed by atoms with Gasteiger partial charge in [-0.25, -0.2) is 0 Å². The third-order valence-electron chi connectivity index (χ3n) is 3.24. The maximum Gasteiger partial charge on any atom is 0.225 e. The first-order valence-corrected chi connectivity index (χ1v) is 7.93. The van der Waals surface area contributed by atoms with Crippen molar-refractivity contribution in [3.63, 3.8) is 0 Å². The van der Waals surface area contributed by atoms with Crippen LogP contribution in [0.2, 0.25) is 0 Å². The van der Waals surface area contributed by atoms with Gasteiger partial charge in [-0.1, -0.05) is 42.5 Å². The van der Waals surface area contributed by atoms with Crippen LogP contribution in [-0.4, -0.2) is 11.9 Å². The average molecular weight is 408 g/mol. The Morgan fingerprint density at radius 3 is 2.32 bits per heavy atom. The fourth-order valence-electron chi connectivity index (χ4n) is 2.13. The molecule has 0 heterocycles. The summed E-state index contributed by atoms with van der Waals surface area (Å²) in [7, 11) is 0. The molecule has 2 aromatic carbocycles. The highest BCUT2D eigenvalue weighted by molar-refractivity contribution is 14.1. The number of amides is 1. The molecule has 0 aliphatic carbocycles. The standard InChI is InChI=1S/C17H16INO3/c18-14-8-4-5-9-15(14)19-16(20)11-13(17(21)22)10-12-6-2-1-3-7-12/h1-9,13H,10-11H2,(H,19,20)(H,21,22)/p-1/t13-/m0/s1. The number of anilines is 1. The minimum Gasteiger partial charge on any atom is -0.550 e. The van der Waals surface area contributed by atoms with Gasteiger partial charge in [0.05, 0.1) is 5.69 Å². The van der Waals surface area contributed by atoms with Crippen molar-refractivity contribution < 1.29 is 14.7 Å². The van der Waals surface area contributed by atoms with Crippen LogP contribution in [0.3, 0.4) is 0 Å². The fourth-order valence-corrected chi connectivity index (χ4v) is 2.65. The Hall–Kier alpha value is -1.89. The number of carboxylic acids is 1. The van der Waals surface area contributed by atoms with Gasteiger partial charge in [-0.15, -0.1) is 0 Å². The van der Waals surface area contributed by atoms with Crippen LogP contribution >= 0.6 is 22.6 Å². The highest BCUT2D eigenvalue weighted by atomic mass is 127. The van der Waals surface area contributed by atoms with Crippen LogP contribution in [-0.2, 0) is 16.0 Å².